The van der Waals surface area contributed by atoms with Crippen LogP contribution in [0, 0.1) is 16.2 Å². The van der Waals surface area contributed by atoms with Crippen molar-refractivity contribution in [3.63, 3.8) is 0 Å². The third-order valence-corrected chi connectivity index (χ3v) is 1.86. The fourth-order valence-electron chi connectivity index (χ4n) is 1.14. The highest BCUT2D eigenvalue weighted by Crippen LogP contribution is 2.14. The number of aryl methyl sites for hydroxylation is 1. The molecule has 69 valence electrons. The third kappa shape index (κ3) is 2.86. The highest BCUT2D eigenvalue weighted by Gasteiger charge is 2.04. The Labute approximate surface area is 77.5 Å². The lowest BCUT2D eigenvalue weighted by molar-refractivity contribution is -0.384. The molecule has 0 aromatic heterocycles. The summed E-state index contributed by atoms with van der Waals surface area (Å²) >= 11 is 0. The quantitative estimate of drug-likeness (QED) is 0.525. The highest BCUT2D eigenvalue weighted by molar-refractivity contribution is 5.33. The van der Waals surface area contributed by atoms with Gasteiger partial charge in [0.15, 0.2) is 0 Å². The van der Waals surface area contributed by atoms with Crippen LogP contribution >= 0.6 is 0 Å². The van der Waals surface area contributed by atoms with Gasteiger partial charge >= 0.3 is 0 Å². The SMILES string of the molecule is CCCCc1c[c]cc([N+](=O)[O-])c1. The van der Waals surface area contributed by atoms with Gasteiger partial charge in [0.05, 0.1) is 4.92 Å². The molecule has 0 N–H and O–H groups in total. The Balaban J connectivity index is 2.73. The summed E-state index contributed by atoms with van der Waals surface area (Å²) in [4.78, 5) is 10.0. The summed E-state index contributed by atoms with van der Waals surface area (Å²) in [5.74, 6) is 0. The average Bonchev–Trinajstić information content (AvgIpc) is 2.15. The molecule has 0 saturated carbocycles. The van der Waals surface area contributed by atoms with Crippen molar-refractivity contribution in [3.05, 3.63) is 39.9 Å². The van der Waals surface area contributed by atoms with Crippen LogP contribution in [0.15, 0.2) is 18.2 Å². The topological polar surface area (TPSA) is 43.1 Å². The van der Waals surface area contributed by atoms with Gasteiger partial charge in [-0.1, -0.05) is 19.4 Å². The van der Waals surface area contributed by atoms with E-state index in [1.54, 1.807) is 6.07 Å². The van der Waals surface area contributed by atoms with Crippen molar-refractivity contribution in [2.24, 2.45) is 0 Å². The predicted octanol–water partition coefficient (Wildman–Crippen LogP) is 2.74. The monoisotopic (exact) mass is 178 g/mol. The molecule has 0 amide bonds. The smallest absolute Gasteiger partial charge is 0.258 e. The Morgan fingerprint density at radius 3 is 2.92 bits per heavy atom. The minimum Gasteiger partial charge on any atom is -0.258 e. The van der Waals surface area contributed by atoms with Gasteiger partial charge in [0.1, 0.15) is 0 Å². The van der Waals surface area contributed by atoms with E-state index in [1.807, 2.05) is 6.07 Å². The van der Waals surface area contributed by atoms with E-state index in [1.165, 1.54) is 6.07 Å². The van der Waals surface area contributed by atoms with E-state index >= 15 is 0 Å². The average molecular weight is 178 g/mol. The van der Waals surface area contributed by atoms with Crippen molar-refractivity contribution in [2.45, 2.75) is 26.2 Å². The number of nitro benzene ring substituents is 1. The highest BCUT2D eigenvalue weighted by atomic mass is 16.6. The summed E-state index contributed by atoms with van der Waals surface area (Å²) in [5.41, 5.74) is 1.13. The number of hydrogen-bond donors (Lipinski definition) is 0. The zero-order valence-electron chi connectivity index (χ0n) is 7.62. The number of non-ortho nitro benzene ring substituents is 1. The van der Waals surface area contributed by atoms with Crippen molar-refractivity contribution in [2.75, 3.05) is 0 Å². The molecule has 0 heterocycles. The number of rotatable bonds is 4. The lowest BCUT2D eigenvalue weighted by Crippen LogP contribution is -1.90. The molecule has 0 saturated heterocycles. The van der Waals surface area contributed by atoms with Gasteiger partial charge in [0, 0.05) is 12.1 Å². The molecule has 3 nitrogen and oxygen atoms in total. The van der Waals surface area contributed by atoms with Crippen LogP contribution in [0.2, 0.25) is 0 Å². The lowest BCUT2D eigenvalue weighted by Gasteiger charge is -1.98. The van der Waals surface area contributed by atoms with Gasteiger partial charge in [-0.2, -0.15) is 0 Å². The Hall–Kier alpha value is -1.38. The maximum atomic E-state index is 10.4. The molecule has 0 unspecified atom stereocenters. The lowest BCUT2D eigenvalue weighted by atomic mass is 10.1. The number of unbranched alkanes of at least 4 members (excludes halogenated alkanes) is 1. The minimum atomic E-state index is -0.383. The van der Waals surface area contributed by atoms with Crippen LogP contribution in [0.25, 0.3) is 0 Å². The molecule has 0 atom stereocenters. The second-order valence-corrected chi connectivity index (χ2v) is 2.96. The van der Waals surface area contributed by atoms with Gasteiger partial charge in [-0.25, -0.2) is 0 Å². The molecule has 13 heavy (non-hydrogen) atoms. The van der Waals surface area contributed by atoms with Gasteiger partial charge in [-0.05, 0) is 24.5 Å². The summed E-state index contributed by atoms with van der Waals surface area (Å²) in [6, 6.07) is 7.60. The van der Waals surface area contributed by atoms with Crippen molar-refractivity contribution in [3.8, 4) is 0 Å². The molecule has 0 aliphatic heterocycles. The molecule has 0 spiro atoms. The van der Waals surface area contributed by atoms with Crippen LogP contribution in [0.3, 0.4) is 0 Å². The molecule has 0 bridgehead atoms. The molecule has 0 aliphatic rings. The maximum absolute atomic E-state index is 10.4. The molecular weight excluding hydrogens is 166 g/mol. The van der Waals surface area contributed by atoms with Crippen LogP contribution in [0.4, 0.5) is 5.69 Å². The van der Waals surface area contributed by atoms with Gasteiger partial charge < -0.3 is 0 Å². The first kappa shape index (κ1) is 9.71. The normalized spacial score (nSPS) is 9.92. The van der Waals surface area contributed by atoms with Gasteiger partial charge in [0.2, 0.25) is 0 Å². The molecular formula is C10H12NO2. The fourth-order valence-corrected chi connectivity index (χ4v) is 1.14. The Morgan fingerprint density at radius 2 is 2.31 bits per heavy atom. The van der Waals surface area contributed by atoms with E-state index in [9.17, 15) is 10.1 Å². The molecule has 1 radical (unpaired) electrons. The molecule has 1 aromatic carbocycles. The van der Waals surface area contributed by atoms with Crippen LogP contribution in [0.1, 0.15) is 25.3 Å². The van der Waals surface area contributed by atoms with E-state index in [2.05, 4.69) is 13.0 Å². The van der Waals surface area contributed by atoms with Crippen LogP contribution in [-0.2, 0) is 6.42 Å². The van der Waals surface area contributed by atoms with E-state index < -0.39 is 0 Å². The van der Waals surface area contributed by atoms with Crippen LogP contribution in [0.5, 0.6) is 0 Å². The van der Waals surface area contributed by atoms with Crippen LogP contribution in [-0.4, -0.2) is 4.92 Å². The largest absolute Gasteiger partial charge is 0.270 e. The Bertz CT molecular complexity index is 297. The van der Waals surface area contributed by atoms with Crippen LogP contribution < -0.4 is 0 Å². The zero-order valence-corrected chi connectivity index (χ0v) is 7.62. The summed E-state index contributed by atoms with van der Waals surface area (Å²) in [6.07, 6.45) is 3.06. The van der Waals surface area contributed by atoms with E-state index in [4.69, 9.17) is 0 Å². The Morgan fingerprint density at radius 1 is 1.54 bits per heavy atom. The van der Waals surface area contributed by atoms with Crippen molar-refractivity contribution < 1.29 is 4.92 Å². The summed E-state index contributed by atoms with van der Waals surface area (Å²) in [6.45, 7) is 2.10. The fraction of sp³-hybridized carbons (Fsp3) is 0.400. The van der Waals surface area contributed by atoms with E-state index in [0.29, 0.717) is 0 Å². The molecule has 1 rings (SSSR count). The van der Waals surface area contributed by atoms with E-state index in [-0.39, 0.29) is 10.6 Å². The number of benzene rings is 1. The minimum absolute atomic E-state index is 0.133. The first-order chi connectivity index (χ1) is 6.24. The number of nitro groups is 1. The van der Waals surface area contributed by atoms with Gasteiger partial charge in [-0.3, -0.25) is 10.1 Å². The zero-order chi connectivity index (χ0) is 9.68. The molecule has 0 aliphatic carbocycles. The third-order valence-electron chi connectivity index (χ3n) is 1.86. The van der Waals surface area contributed by atoms with Crippen molar-refractivity contribution in [1.29, 1.82) is 0 Å². The van der Waals surface area contributed by atoms with Gasteiger partial charge in [0.25, 0.3) is 5.69 Å². The van der Waals surface area contributed by atoms with Crippen molar-refractivity contribution in [1.82, 2.24) is 0 Å². The summed E-state index contributed by atoms with van der Waals surface area (Å²) in [5, 5.41) is 10.4. The number of nitrogens with zero attached hydrogens (tertiary/aromatic N) is 1. The molecule has 3 heteroatoms. The first-order valence-electron chi connectivity index (χ1n) is 4.38. The standard InChI is InChI=1S/C10H12NO2/c1-2-3-5-9-6-4-7-10(8-9)11(12)13/h6-8H,2-3,5H2,1H3. The second kappa shape index (κ2) is 4.60. The molecule has 0 fully saturated rings. The summed E-state index contributed by atoms with van der Waals surface area (Å²) < 4.78 is 0. The first-order valence-corrected chi connectivity index (χ1v) is 4.38. The van der Waals surface area contributed by atoms with Crippen molar-refractivity contribution >= 4 is 5.69 Å². The van der Waals surface area contributed by atoms with E-state index in [0.717, 1.165) is 24.8 Å². The second-order valence-electron chi connectivity index (χ2n) is 2.96. The maximum Gasteiger partial charge on any atom is 0.270 e. The Kier molecular flexibility index (Phi) is 3.43. The summed E-state index contributed by atoms with van der Waals surface area (Å²) in [7, 11) is 0. The van der Waals surface area contributed by atoms with Gasteiger partial charge in [-0.15, -0.1) is 0 Å². The molecule has 1 aromatic rings. The number of hydrogen-bond acceptors (Lipinski definition) is 2. The predicted molar refractivity (Wildman–Crippen MR) is 50.5 cm³/mol.